The van der Waals surface area contributed by atoms with E-state index >= 15 is 0 Å². The van der Waals surface area contributed by atoms with Crippen LogP contribution in [-0.2, 0) is 14.8 Å². The highest BCUT2D eigenvalue weighted by atomic mass is 35.5. The van der Waals surface area contributed by atoms with Gasteiger partial charge in [-0.05, 0) is 62.2 Å². The Morgan fingerprint density at radius 3 is 2.33 bits per heavy atom. The minimum Gasteiger partial charge on any atom is -0.494 e. The van der Waals surface area contributed by atoms with Gasteiger partial charge in [0.1, 0.15) is 10.6 Å². The lowest BCUT2D eigenvalue weighted by molar-refractivity contribution is -0.115. The molecule has 1 aliphatic rings. The number of amides is 2. The van der Waals surface area contributed by atoms with Crippen LogP contribution in [0.25, 0.3) is 0 Å². The second-order valence-electron chi connectivity index (χ2n) is 7.65. The van der Waals surface area contributed by atoms with E-state index in [0.29, 0.717) is 31.1 Å². The number of sulfonamides is 1. The van der Waals surface area contributed by atoms with Gasteiger partial charge in [-0.1, -0.05) is 24.4 Å². The molecule has 1 saturated heterocycles. The van der Waals surface area contributed by atoms with Gasteiger partial charge in [-0.15, -0.1) is 0 Å². The summed E-state index contributed by atoms with van der Waals surface area (Å²) in [7, 11) is -3.82. The van der Waals surface area contributed by atoms with Crippen LogP contribution in [0.1, 0.15) is 43.0 Å². The third kappa shape index (κ3) is 6.69. The first kappa shape index (κ1) is 25.0. The number of carbonyl (C=O) groups excluding carboxylic acids is 2. The fourth-order valence-corrected chi connectivity index (χ4v) is 5.55. The zero-order valence-corrected chi connectivity index (χ0v) is 20.0. The maximum Gasteiger partial charge on any atom is 0.251 e. The molecule has 2 amide bonds. The van der Waals surface area contributed by atoms with Crippen LogP contribution < -0.4 is 15.4 Å². The highest BCUT2D eigenvalue weighted by Crippen LogP contribution is 2.27. The van der Waals surface area contributed by atoms with Crippen molar-refractivity contribution in [3.8, 4) is 5.75 Å². The van der Waals surface area contributed by atoms with Crippen LogP contribution in [-0.4, -0.2) is 50.8 Å². The van der Waals surface area contributed by atoms with Crippen molar-refractivity contribution < 1.29 is 22.7 Å². The SMILES string of the molecule is CCOc1ccc(NC(=O)CNC(=O)c2ccc(Cl)c(S(=O)(=O)N3CCCCCC3)c2)cc1. The fraction of sp³-hybridized carbons (Fsp3) is 0.391. The van der Waals surface area contributed by atoms with Gasteiger partial charge in [0.05, 0.1) is 18.2 Å². The van der Waals surface area contributed by atoms with Gasteiger partial charge in [-0.25, -0.2) is 8.42 Å². The van der Waals surface area contributed by atoms with Crippen molar-refractivity contribution in [3.05, 3.63) is 53.1 Å². The lowest BCUT2D eigenvalue weighted by Crippen LogP contribution is -2.34. The van der Waals surface area contributed by atoms with Gasteiger partial charge in [0.25, 0.3) is 5.91 Å². The van der Waals surface area contributed by atoms with E-state index in [1.54, 1.807) is 24.3 Å². The number of benzene rings is 2. The van der Waals surface area contributed by atoms with Crippen molar-refractivity contribution in [1.29, 1.82) is 0 Å². The predicted molar refractivity (Wildman–Crippen MR) is 127 cm³/mol. The second kappa shape index (κ2) is 11.5. The number of carbonyl (C=O) groups is 2. The van der Waals surface area contributed by atoms with Crippen LogP contribution in [0, 0.1) is 0 Å². The van der Waals surface area contributed by atoms with E-state index in [-0.39, 0.29) is 22.0 Å². The Labute approximate surface area is 199 Å². The van der Waals surface area contributed by atoms with Gasteiger partial charge >= 0.3 is 0 Å². The molecule has 33 heavy (non-hydrogen) atoms. The second-order valence-corrected chi connectivity index (χ2v) is 9.97. The number of halogens is 1. The quantitative estimate of drug-likeness (QED) is 0.583. The van der Waals surface area contributed by atoms with Crippen LogP contribution in [0.5, 0.6) is 5.75 Å². The zero-order chi connectivity index (χ0) is 23.8. The third-order valence-electron chi connectivity index (χ3n) is 5.23. The molecule has 0 atom stereocenters. The van der Waals surface area contributed by atoms with Crippen LogP contribution in [0.3, 0.4) is 0 Å². The zero-order valence-electron chi connectivity index (χ0n) is 18.5. The highest BCUT2D eigenvalue weighted by Gasteiger charge is 2.28. The summed E-state index contributed by atoms with van der Waals surface area (Å²) >= 11 is 6.18. The smallest absolute Gasteiger partial charge is 0.251 e. The summed E-state index contributed by atoms with van der Waals surface area (Å²) in [6, 6.07) is 11.0. The van der Waals surface area contributed by atoms with Crippen LogP contribution >= 0.6 is 11.6 Å². The van der Waals surface area contributed by atoms with E-state index < -0.39 is 21.8 Å². The molecule has 8 nitrogen and oxygen atoms in total. The molecular weight excluding hydrogens is 466 g/mol. The van der Waals surface area contributed by atoms with Crippen LogP contribution in [0.4, 0.5) is 5.69 Å². The number of nitrogens with one attached hydrogen (secondary N) is 2. The van der Waals surface area contributed by atoms with Crippen molar-refractivity contribution in [3.63, 3.8) is 0 Å². The van der Waals surface area contributed by atoms with E-state index in [1.165, 1.54) is 22.5 Å². The maximum absolute atomic E-state index is 13.1. The monoisotopic (exact) mass is 493 g/mol. The molecule has 0 bridgehead atoms. The lowest BCUT2D eigenvalue weighted by Gasteiger charge is -2.21. The molecule has 0 unspecified atom stereocenters. The van der Waals surface area contributed by atoms with Crippen molar-refractivity contribution in [2.75, 3.05) is 31.6 Å². The molecular formula is C23H28ClN3O5S. The summed E-state index contributed by atoms with van der Waals surface area (Å²) in [6.45, 7) is 3.01. The lowest BCUT2D eigenvalue weighted by atomic mass is 10.2. The molecule has 0 aliphatic carbocycles. The van der Waals surface area contributed by atoms with E-state index in [1.807, 2.05) is 6.92 Å². The molecule has 0 spiro atoms. The Morgan fingerprint density at radius 1 is 1.03 bits per heavy atom. The summed E-state index contributed by atoms with van der Waals surface area (Å²) in [6.07, 6.45) is 3.56. The molecule has 1 aliphatic heterocycles. The predicted octanol–water partition coefficient (Wildman–Crippen LogP) is 3.67. The largest absolute Gasteiger partial charge is 0.494 e. The molecule has 2 aromatic rings. The Kier molecular flexibility index (Phi) is 8.71. The third-order valence-corrected chi connectivity index (χ3v) is 7.62. The average Bonchev–Trinajstić information content (AvgIpc) is 3.09. The number of nitrogens with zero attached hydrogens (tertiary/aromatic N) is 1. The molecule has 0 saturated carbocycles. The molecule has 0 aromatic heterocycles. The topological polar surface area (TPSA) is 105 Å². The van der Waals surface area contributed by atoms with Gasteiger partial charge in [0.15, 0.2) is 0 Å². The summed E-state index contributed by atoms with van der Waals surface area (Å²) in [5.74, 6) is -0.294. The Morgan fingerprint density at radius 2 is 1.70 bits per heavy atom. The summed E-state index contributed by atoms with van der Waals surface area (Å²) in [4.78, 5) is 24.7. The number of rotatable bonds is 8. The van der Waals surface area contributed by atoms with Gasteiger partial charge in [0, 0.05) is 24.3 Å². The molecule has 10 heteroatoms. The average molecular weight is 494 g/mol. The molecule has 0 radical (unpaired) electrons. The number of anilines is 1. The van der Waals surface area contributed by atoms with Crippen LogP contribution in [0.15, 0.2) is 47.4 Å². The normalized spacial score (nSPS) is 14.8. The van der Waals surface area contributed by atoms with Crippen molar-refractivity contribution >= 4 is 39.1 Å². The maximum atomic E-state index is 13.1. The first-order valence-electron chi connectivity index (χ1n) is 10.9. The molecule has 178 valence electrons. The van der Waals surface area contributed by atoms with Crippen molar-refractivity contribution in [2.24, 2.45) is 0 Å². The minimum absolute atomic E-state index is 0.0593. The molecule has 1 fully saturated rings. The van der Waals surface area contributed by atoms with E-state index in [4.69, 9.17) is 16.3 Å². The Hall–Kier alpha value is -2.62. The molecule has 1 heterocycles. The number of ether oxygens (including phenoxy) is 1. The fourth-order valence-electron chi connectivity index (χ4n) is 3.53. The Balaban J connectivity index is 1.63. The summed E-state index contributed by atoms with van der Waals surface area (Å²) in [5.41, 5.74) is 0.677. The first-order chi connectivity index (χ1) is 15.8. The van der Waals surface area contributed by atoms with Crippen LogP contribution in [0.2, 0.25) is 5.02 Å². The van der Waals surface area contributed by atoms with E-state index in [2.05, 4.69) is 10.6 Å². The molecule has 3 rings (SSSR count). The first-order valence-corrected chi connectivity index (χ1v) is 12.7. The summed E-state index contributed by atoms with van der Waals surface area (Å²) < 4.78 is 33.0. The molecule has 2 N–H and O–H groups in total. The van der Waals surface area contributed by atoms with E-state index in [9.17, 15) is 18.0 Å². The Bertz CT molecular complexity index is 1080. The van der Waals surface area contributed by atoms with E-state index in [0.717, 1.165) is 25.7 Å². The van der Waals surface area contributed by atoms with Crippen molar-refractivity contribution in [1.82, 2.24) is 9.62 Å². The van der Waals surface area contributed by atoms with Crippen molar-refractivity contribution in [2.45, 2.75) is 37.5 Å². The number of hydrogen-bond donors (Lipinski definition) is 2. The van der Waals surface area contributed by atoms with Gasteiger partial charge in [-0.2, -0.15) is 4.31 Å². The highest BCUT2D eigenvalue weighted by molar-refractivity contribution is 7.89. The minimum atomic E-state index is -3.82. The van der Waals surface area contributed by atoms with Gasteiger partial charge in [0.2, 0.25) is 15.9 Å². The standard InChI is InChI=1S/C23H28ClN3O5S/c1-2-32-19-10-8-18(9-11-19)26-22(28)16-25-23(29)17-7-12-20(24)21(15-17)33(30,31)27-13-5-3-4-6-14-27/h7-12,15H,2-6,13-14,16H2,1H3,(H,25,29)(H,26,28). The molecule has 2 aromatic carbocycles. The summed E-state index contributed by atoms with van der Waals surface area (Å²) in [5, 5.41) is 5.25. The van der Waals surface area contributed by atoms with Gasteiger partial charge < -0.3 is 15.4 Å². The number of hydrogen-bond acceptors (Lipinski definition) is 5. The van der Waals surface area contributed by atoms with Gasteiger partial charge in [-0.3, -0.25) is 9.59 Å².